The maximum atomic E-state index is 13.7. The molecule has 0 aromatic heterocycles. The van der Waals surface area contributed by atoms with Crippen molar-refractivity contribution in [3.8, 4) is 5.75 Å². The highest BCUT2D eigenvalue weighted by molar-refractivity contribution is 7.99. The summed E-state index contributed by atoms with van der Waals surface area (Å²) in [7, 11) is -1.36. The predicted octanol–water partition coefficient (Wildman–Crippen LogP) is 1.09. The van der Waals surface area contributed by atoms with E-state index in [-0.39, 0.29) is 34.4 Å². The third kappa shape index (κ3) is 3.33. The lowest BCUT2D eigenvalue weighted by atomic mass is 9.72. The van der Waals surface area contributed by atoms with E-state index in [4.69, 9.17) is 16.3 Å². The zero-order chi connectivity index (χ0) is 15.6. The van der Waals surface area contributed by atoms with Gasteiger partial charge in [0, 0.05) is 0 Å². The molecule has 2 rings (SSSR count). The van der Waals surface area contributed by atoms with E-state index in [9.17, 15) is 19.0 Å². The Morgan fingerprint density at radius 3 is 3.10 bits per heavy atom. The van der Waals surface area contributed by atoms with Crippen LogP contribution in [0.3, 0.4) is 0 Å². The summed E-state index contributed by atoms with van der Waals surface area (Å²) in [5, 5.41) is 12.3. The van der Waals surface area contributed by atoms with E-state index in [1.54, 1.807) is 6.26 Å². The molecule has 112 valence electrons. The van der Waals surface area contributed by atoms with Crippen LogP contribution in [0.15, 0.2) is 6.07 Å². The summed E-state index contributed by atoms with van der Waals surface area (Å²) in [5.41, 5.74) is 0.133. The van der Waals surface area contributed by atoms with Gasteiger partial charge in [0.25, 0.3) is 0 Å². The van der Waals surface area contributed by atoms with Crippen LogP contribution in [0.25, 0.3) is 0 Å². The molecule has 21 heavy (non-hydrogen) atoms. The molecule has 1 unspecified atom stereocenters. The number of hydrogen-bond acceptors (Lipinski definition) is 5. The van der Waals surface area contributed by atoms with Crippen LogP contribution in [0.2, 0.25) is 5.02 Å². The number of thioether (sulfide) groups is 1. The molecule has 0 saturated heterocycles. The third-order valence-corrected chi connectivity index (χ3v) is 3.87. The van der Waals surface area contributed by atoms with Gasteiger partial charge in [-0.15, -0.1) is 0 Å². The van der Waals surface area contributed by atoms with Crippen LogP contribution < -0.4 is 9.97 Å². The van der Waals surface area contributed by atoms with Crippen LogP contribution in [0, 0.1) is 5.82 Å². The van der Waals surface area contributed by atoms with E-state index < -0.39 is 18.9 Å². The Labute approximate surface area is 130 Å². The standard InChI is InChI=1S/C12H12BClFNO4S/c1-21-5-10(18)16-9-3-6-2-8(14)11(15)7(4-17)12(6)20-13(9)19/h2,4,9,19H,3,5H2,1H3,(H,16,18). The minimum atomic E-state index is -1.36. The zero-order valence-corrected chi connectivity index (χ0v) is 12.6. The fourth-order valence-corrected chi connectivity index (χ4v) is 2.70. The van der Waals surface area contributed by atoms with Crippen molar-refractivity contribution in [3.05, 3.63) is 28.0 Å². The Morgan fingerprint density at radius 2 is 2.48 bits per heavy atom. The third-order valence-electron chi connectivity index (χ3n) is 3.05. The van der Waals surface area contributed by atoms with Gasteiger partial charge in [0.1, 0.15) is 5.75 Å². The smallest absolute Gasteiger partial charge is 0.534 e. The molecular formula is C12H12BClFNO4S. The van der Waals surface area contributed by atoms with Gasteiger partial charge in [0.15, 0.2) is 12.1 Å². The Morgan fingerprint density at radius 1 is 1.76 bits per heavy atom. The van der Waals surface area contributed by atoms with Crippen LogP contribution in [-0.2, 0) is 11.2 Å². The molecule has 1 aromatic rings. The predicted molar refractivity (Wildman–Crippen MR) is 79.4 cm³/mol. The average molecular weight is 332 g/mol. The quantitative estimate of drug-likeness (QED) is 0.638. The fourth-order valence-electron chi connectivity index (χ4n) is 2.12. The van der Waals surface area contributed by atoms with Crippen molar-refractivity contribution in [2.75, 3.05) is 12.0 Å². The molecule has 1 aliphatic rings. The van der Waals surface area contributed by atoms with Crippen molar-refractivity contribution in [1.29, 1.82) is 0 Å². The highest BCUT2D eigenvalue weighted by Crippen LogP contribution is 2.34. The van der Waals surface area contributed by atoms with Crippen LogP contribution in [-0.4, -0.2) is 42.3 Å². The number of benzene rings is 1. The number of halogens is 2. The number of amides is 1. The fraction of sp³-hybridized carbons (Fsp3) is 0.333. The lowest BCUT2D eigenvalue weighted by Crippen LogP contribution is -2.53. The lowest BCUT2D eigenvalue weighted by molar-refractivity contribution is -0.118. The number of nitrogens with one attached hydrogen (secondary N) is 1. The molecule has 2 N–H and O–H groups in total. The molecule has 1 aromatic carbocycles. The number of hydrogen-bond donors (Lipinski definition) is 2. The van der Waals surface area contributed by atoms with Gasteiger partial charge in [0.2, 0.25) is 5.91 Å². The first-order chi connectivity index (χ1) is 9.97. The first-order valence-corrected chi connectivity index (χ1v) is 7.84. The lowest BCUT2D eigenvalue weighted by Gasteiger charge is -2.29. The maximum Gasteiger partial charge on any atom is 0.547 e. The second-order valence-electron chi connectivity index (χ2n) is 4.51. The Hall–Kier alpha value is -1.25. The van der Waals surface area contributed by atoms with Gasteiger partial charge < -0.3 is 15.0 Å². The maximum absolute atomic E-state index is 13.7. The zero-order valence-electron chi connectivity index (χ0n) is 11.1. The molecule has 1 atom stereocenters. The van der Waals surface area contributed by atoms with Crippen molar-refractivity contribution < 1.29 is 23.7 Å². The summed E-state index contributed by atoms with van der Waals surface area (Å²) in [6.07, 6.45) is 2.26. The van der Waals surface area contributed by atoms with Crippen molar-refractivity contribution in [2.24, 2.45) is 0 Å². The summed E-state index contributed by atoms with van der Waals surface area (Å²) in [5.74, 6) is -1.60. The van der Waals surface area contributed by atoms with E-state index in [1.165, 1.54) is 17.8 Å². The molecular weight excluding hydrogens is 319 g/mol. The van der Waals surface area contributed by atoms with Crippen molar-refractivity contribution in [1.82, 2.24) is 5.32 Å². The number of aldehydes is 1. The highest BCUT2D eigenvalue weighted by atomic mass is 35.5. The van der Waals surface area contributed by atoms with Gasteiger partial charge in [-0.25, -0.2) is 4.39 Å². The number of carbonyl (C=O) groups excluding carboxylic acids is 2. The van der Waals surface area contributed by atoms with E-state index in [1.807, 2.05) is 0 Å². The summed E-state index contributed by atoms with van der Waals surface area (Å²) in [4.78, 5) is 22.5. The van der Waals surface area contributed by atoms with Crippen LogP contribution in [0.4, 0.5) is 4.39 Å². The molecule has 0 radical (unpaired) electrons. The first-order valence-electron chi connectivity index (χ1n) is 6.07. The molecule has 0 saturated carbocycles. The molecule has 1 amide bonds. The Balaban J connectivity index is 2.29. The van der Waals surface area contributed by atoms with Crippen LogP contribution in [0.5, 0.6) is 5.75 Å². The summed E-state index contributed by atoms with van der Waals surface area (Å²) in [6, 6.07) is 1.33. The van der Waals surface area contributed by atoms with E-state index in [0.29, 0.717) is 11.8 Å². The Kier molecular flexibility index (Phi) is 5.13. The minimum absolute atomic E-state index is 0.0326. The van der Waals surface area contributed by atoms with Gasteiger partial charge >= 0.3 is 7.12 Å². The molecule has 0 aliphatic carbocycles. The van der Waals surface area contributed by atoms with E-state index in [0.717, 1.165) is 0 Å². The minimum Gasteiger partial charge on any atom is -0.534 e. The topological polar surface area (TPSA) is 75.6 Å². The van der Waals surface area contributed by atoms with Crippen molar-refractivity contribution in [2.45, 2.75) is 12.4 Å². The van der Waals surface area contributed by atoms with Gasteiger partial charge in [-0.2, -0.15) is 11.8 Å². The van der Waals surface area contributed by atoms with Crippen LogP contribution in [0.1, 0.15) is 15.9 Å². The molecule has 5 nitrogen and oxygen atoms in total. The Bertz CT molecular complexity index is 589. The molecule has 9 heteroatoms. The van der Waals surface area contributed by atoms with E-state index >= 15 is 0 Å². The largest absolute Gasteiger partial charge is 0.547 e. The normalized spacial score (nSPS) is 17.0. The summed E-state index contributed by atoms with van der Waals surface area (Å²) < 4.78 is 18.9. The molecule has 1 heterocycles. The van der Waals surface area contributed by atoms with Crippen molar-refractivity contribution >= 4 is 42.7 Å². The van der Waals surface area contributed by atoms with Crippen LogP contribution >= 0.6 is 23.4 Å². The summed E-state index contributed by atoms with van der Waals surface area (Å²) >= 11 is 7.07. The SMILES string of the molecule is CSCC(=O)NC1Cc2cc(Cl)c(F)c(C=O)c2OB1O. The van der Waals surface area contributed by atoms with Gasteiger partial charge in [-0.05, 0) is 24.3 Å². The number of fused-ring (bicyclic) bond motifs is 1. The van der Waals surface area contributed by atoms with E-state index in [2.05, 4.69) is 5.32 Å². The molecule has 0 spiro atoms. The van der Waals surface area contributed by atoms with Gasteiger partial charge in [0.05, 0.1) is 22.3 Å². The van der Waals surface area contributed by atoms with Crippen molar-refractivity contribution in [3.63, 3.8) is 0 Å². The van der Waals surface area contributed by atoms with Gasteiger partial charge in [-0.3, -0.25) is 9.59 Å². The second kappa shape index (κ2) is 6.68. The number of rotatable bonds is 4. The molecule has 0 fully saturated rings. The monoisotopic (exact) mass is 331 g/mol. The number of carbonyl (C=O) groups is 2. The second-order valence-corrected chi connectivity index (χ2v) is 5.78. The highest BCUT2D eigenvalue weighted by Gasteiger charge is 2.38. The molecule has 1 aliphatic heterocycles. The summed E-state index contributed by atoms with van der Waals surface area (Å²) in [6.45, 7) is 0. The average Bonchev–Trinajstić information content (AvgIpc) is 2.43. The molecule has 0 bridgehead atoms. The van der Waals surface area contributed by atoms with Gasteiger partial charge in [-0.1, -0.05) is 11.6 Å². The first kappa shape index (κ1) is 16.1.